The molecule has 1 atom stereocenters. The Morgan fingerprint density at radius 1 is 1.33 bits per heavy atom. The first-order valence-electron chi connectivity index (χ1n) is 7.73. The average Bonchev–Trinajstić information content (AvgIpc) is 2.48. The molecule has 1 aliphatic rings. The van der Waals surface area contributed by atoms with Gasteiger partial charge >= 0.3 is 0 Å². The van der Waals surface area contributed by atoms with Crippen molar-refractivity contribution in [3.63, 3.8) is 0 Å². The standard InChI is InChI=1S/C17H26N2O2/c1-13-3-5-15(6-4-13)17(8-11-21-12-9-17)16(20)19-10-7-14(2)18/h3-6,14H,7-12,18H2,1-2H3,(H,19,20). The Labute approximate surface area is 127 Å². The molecule has 0 spiro atoms. The summed E-state index contributed by atoms with van der Waals surface area (Å²) in [6.07, 6.45) is 2.27. The van der Waals surface area contributed by atoms with Gasteiger partial charge in [0.1, 0.15) is 0 Å². The van der Waals surface area contributed by atoms with Crippen LogP contribution in [-0.2, 0) is 14.9 Å². The van der Waals surface area contributed by atoms with Crippen molar-refractivity contribution >= 4 is 5.91 Å². The van der Waals surface area contributed by atoms with Gasteiger partial charge in [-0.2, -0.15) is 0 Å². The normalized spacial score (nSPS) is 19.0. The lowest BCUT2D eigenvalue weighted by molar-refractivity contribution is -0.130. The molecule has 0 aromatic heterocycles. The van der Waals surface area contributed by atoms with Crippen LogP contribution in [0.4, 0.5) is 0 Å². The van der Waals surface area contributed by atoms with E-state index in [2.05, 4.69) is 36.5 Å². The molecule has 1 saturated heterocycles. The molecule has 1 heterocycles. The number of hydrogen-bond donors (Lipinski definition) is 2. The van der Waals surface area contributed by atoms with Crippen molar-refractivity contribution in [3.05, 3.63) is 35.4 Å². The predicted molar refractivity (Wildman–Crippen MR) is 84.2 cm³/mol. The second kappa shape index (κ2) is 7.05. The van der Waals surface area contributed by atoms with Crippen LogP contribution in [0.15, 0.2) is 24.3 Å². The Kier molecular flexibility index (Phi) is 5.37. The molecule has 1 unspecified atom stereocenters. The molecule has 116 valence electrons. The van der Waals surface area contributed by atoms with E-state index in [1.807, 2.05) is 6.92 Å². The van der Waals surface area contributed by atoms with Gasteiger partial charge in [0.05, 0.1) is 5.41 Å². The maximum atomic E-state index is 12.8. The Bertz CT molecular complexity index is 462. The van der Waals surface area contributed by atoms with Crippen molar-refractivity contribution in [1.29, 1.82) is 0 Å². The van der Waals surface area contributed by atoms with E-state index in [-0.39, 0.29) is 11.9 Å². The van der Waals surface area contributed by atoms with Gasteiger partial charge < -0.3 is 15.8 Å². The zero-order valence-electron chi connectivity index (χ0n) is 13.0. The molecule has 1 amide bonds. The SMILES string of the molecule is Cc1ccc(C2(C(=O)NCCC(C)N)CCOCC2)cc1. The topological polar surface area (TPSA) is 64.4 Å². The van der Waals surface area contributed by atoms with Crippen LogP contribution in [-0.4, -0.2) is 31.7 Å². The van der Waals surface area contributed by atoms with Crippen LogP contribution in [0.2, 0.25) is 0 Å². The second-order valence-corrected chi connectivity index (χ2v) is 6.08. The summed E-state index contributed by atoms with van der Waals surface area (Å²) < 4.78 is 5.46. The summed E-state index contributed by atoms with van der Waals surface area (Å²) in [7, 11) is 0. The third-order valence-electron chi connectivity index (χ3n) is 4.27. The monoisotopic (exact) mass is 290 g/mol. The van der Waals surface area contributed by atoms with Crippen molar-refractivity contribution in [2.45, 2.75) is 44.6 Å². The van der Waals surface area contributed by atoms with Gasteiger partial charge in [0.15, 0.2) is 0 Å². The molecule has 3 N–H and O–H groups in total. The molecular weight excluding hydrogens is 264 g/mol. The van der Waals surface area contributed by atoms with Gasteiger partial charge in [-0.15, -0.1) is 0 Å². The second-order valence-electron chi connectivity index (χ2n) is 6.08. The van der Waals surface area contributed by atoms with Crippen LogP contribution < -0.4 is 11.1 Å². The van der Waals surface area contributed by atoms with Gasteiger partial charge in [-0.3, -0.25) is 4.79 Å². The highest BCUT2D eigenvalue weighted by Crippen LogP contribution is 2.35. The summed E-state index contributed by atoms with van der Waals surface area (Å²) in [6, 6.07) is 8.40. The highest BCUT2D eigenvalue weighted by Gasteiger charge is 2.41. The van der Waals surface area contributed by atoms with E-state index in [1.54, 1.807) is 0 Å². The van der Waals surface area contributed by atoms with Crippen LogP contribution in [0.1, 0.15) is 37.3 Å². The number of carbonyl (C=O) groups is 1. The summed E-state index contributed by atoms with van der Waals surface area (Å²) in [4.78, 5) is 12.8. The smallest absolute Gasteiger partial charge is 0.230 e. The van der Waals surface area contributed by atoms with Crippen LogP contribution >= 0.6 is 0 Å². The van der Waals surface area contributed by atoms with Crippen LogP contribution in [0, 0.1) is 6.92 Å². The first-order valence-corrected chi connectivity index (χ1v) is 7.73. The molecule has 1 fully saturated rings. The molecule has 1 aromatic carbocycles. The number of nitrogens with two attached hydrogens (primary N) is 1. The first kappa shape index (κ1) is 16.0. The maximum Gasteiger partial charge on any atom is 0.230 e. The Hall–Kier alpha value is -1.39. The van der Waals surface area contributed by atoms with E-state index < -0.39 is 5.41 Å². The maximum absolute atomic E-state index is 12.8. The van der Waals surface area contributed by atoms with Crippen LogP contribution in [0.3, 0.4) is 0 Å². The minimum Gasteiger partial charge on any atom is -0.381 e. The van der Waals surface area contributed by atoms with Crippen molar-refractivity contribution in [1.82, 2.24) is 5.32 Å². The minimum absolute atomic E-state index is 0.107. The zero-order valence-corrected chi connectivity index (χ0v) is 13.0. The zero-order chi connectivity index (χ0) is 15.3. The predicted octanol–water partition coefficient (Wildman–Crippen LogP) is 1.90. The molecule has 21 heavy (non-hydrogen) atoms. The van der Waals surface area contributed by atoms with Gasteiger partial charge in [0.25, 0.3) is 0 Å². The fourth-order valence-corrected chi connectivity index (χ4v) is 2.82. The molecule has 0 radical (unpaired) electrons. The van der Waals surface area contributed by atoms with E-state index in [4.69, 9.17) is 10.5 Å². The molecule has 4 nitrogen and oxygen atoms in total. The summed E-state index contributed by atoms with van der Waals surface area (Å²) in [5, 5.41) is 3.06. The summed E-state index contributed by atoms with van der Waals surface area (Å²) in [6.45, 7) is 5.91. The van der Waals surface area contributed by atoms with Gasteiger partial charge in [0.2, 0.25) is 5.91 Å². The number of hydrogen-bond acceptors (Lipinski definition) is 3. The summed E-state index contributed by atoms with van der Waals surface area (Å²) in [5.41, 5.74) is 7.59. The van der Waals surface area contributed by atoms with Crippen molar-refractivity contribution < 1.29 is 9.53 Å². The Morgan fingerprint density at radius 3 is 2.52 bits per heavy atom. The molecule has 0 bridgehead atoms. The largest absolute Gasteiger partial charge is 0.381 e. The van der Waals surface area contributed by atoms with E-state index >= 15 is 0 Å². The fraction of sp³-hybridized carbons (Fsp3) is 0.588. The number of carbonyl (C=O) groups excluding carboxylic acids is 1. The van der Waals surface area contributed by atoms with Gasteiger partial charge in [0, 0.05) is 25.8 Å². The number of amides is 1. The van der Waals surface area contributed by atoms with Crippen LogP contribution in [0.5, 0.6) is 0 Å². The van der Waals surface area contributed by atoms with Gasteiger partial charge in [-0.05, 0) is 38.7 Å². The summed E-state index contributed by atoms with van der Waals surface area (Å²) >= 11 is 0. The quantitative estimate of drug-likeness (QED) is 0.870. The highest BCUT2D eigenvalue weighted by atomic mass is 16.5. The number of benzene rings is 1. The molecule has 0 aliphatic carbocycles. The van der Waals surface area contributed by atoms with E-state index in [0.717, 1.165) is 24.8 Å². The van der Waals surface area contributed by atoms with E-state index in [0.29, 0.717) is 19.8 Å². The molecule has 2 rings (SSSR count). The Morgan fingerprint density at radius 2 is 1.95 bits per heavy atom. The lowest BCUT2D eigenvalue weighted by atomic mass is 9.73. The van der Waals surface area contributed by atoms with Crippen molar-refractivity contribution in [2.75, 3.05) is 19.8 Å². The Balaban J connectivity index is 2.16. The lowest BCUT2D eigenvalue weighted by Crippen LogP contribution is -2.48. The van der Waals surface area contributed by atoms with Gasteiger partial charge in [-0.25, -0.2) is 0 Å². The van der Waals surface area contributed by atoms with E-state index in [9.17, 15) is 4.79 Å². The molecule has 4 heteroatoms. The molecule has 1 aliphatic heterocycles. The molecular formula is C17H26N2O2. The third kappa shape index (κ3) is 3.83. The average molecular weight is 290 g/mol. The number of aryl methyl sites for hydroxylation is 1. The number of ether oxygens (including phenoxy) is 1. The van der Waals surface area contributed by atoms with E-state index in [1.165, 1.54) is 5.56 Å². The first-order chi connectivity index (χ1) is 10.0. The molecule has 1 aromatic rings. The van der Waals surface area contributed by atoms with Crippen molar-refractivity contribution in [2.24, 2.45) is 5.73 Å². The summed E-state index contributed by atoms with van der Waals surface area (Å²) in [5.74, 6) is 0.107. The molecule has 0 saturated carbocycles. The third-order valence-corrected chi connectivity index (χ3v) is 4.27. The van der Waals surface area contributed by atoms with Gasteiger partial charge in [-0.1, -0.05) is 29.8 Å². The lowest BCUT2D eigenvalue weighted by Gasteiger charge is -2.36. The minimum atomic E-state index is -0.455. The fourth-order valence-electron chi connectivity index (χ4n) is 2.82. The number of nitrogens with one attached hydrogen (secondary N) is 1. The van der Waals surface area contributed by atoms with Crippen LogP contribution in [0.25, 0.3) is 0 Å². The van der Waals surface area contributed by atoms with Crippen molar-refractivity contribution in [3.8, 4) is 0 Å². The highest BCUT2D eigenvalue weighted by molar-refractivity contribution is 5.88. The number of rotatable bonds is 5.